The number of nitrogens with two attached hydrogens (primary N) is 1. The summed E-state index contributed by atoms with van der Waals surface area (Å²) in [6, 6.07) is 15.3. The van der Waals surface area contributed by atoms with E-state index in [-0.39, 0.29) is 36.2 Å². The molecule has 0 unspecified atom stereocenters. The molecule has 35 heavy (non-hydrogen) atoms. The fourth-order valence-electron chi connectivity index (χ4n) is 5.18. The summed E-state index contributed by atoms with van der Waals surface area (Å²) < 4.78 is 0. The van der Waals surface area contributed by atoms with Gasteiger partial charge in [0.05, 0.1) is 11.5 Å². The van der Waals surface area contributed by atoms with E-state index in [9.17, 15) is 9.59 Å². The predicted octanol–water partition coefficient (Wildman–Crippen LogP) is 7.10. The van der Waals surface area contributed by atoms with Crippen LogP contribution in [-0.4, -0.2) is 33.8 Å². The zero-order valence-electron chi connectivity index (χ0n) is 21.1. The van der Waals surface area contributed by atoms with Gasteiger partial charge in [0.15, 0.2) is 0 Å². The highest BCUT2D eigenvalue weighted by Gasteiger charge is 2.52. The van der Waals surface area contributed by atoms with Crippen molar-refractivity contribution in [2.75, 3.05) is 5.75 Å². The van der Waals surface area contributed by atoms with E-state index >= 15 is 0 Å². The number of thioether (sulfide) groups is 1. The van der Waals surface area contributed by atoms with Crippen molar-refractivity contribution in [2.24, 2.45) is 17.1 Å². The van der Waals surface area contributed by atoms with Crippen LogP contribution in [0.1, 0.15) is 70.5 Å². The number of benzene rings is 2. The van der Waals surface area contributed by atoms with Crippen LogP contribution in [0.25, 0.3) is 0 Å². The molecule has 1 heterocycles. The molecule has 0 spiro atoms. The highest BCUT2D eigenvalue weighted by molar-refractivity contribution is 7.99. The van der Waals surface area contributed by atoms with E-state index in [1.54, 1.807) is 0 Å². The van der Waals surface area contributed by atoms with Gasteiger partial charge in [-0.25, -0.2) is 0 Å². The quantitative estimate of drug-likeness (QED) is 0.373. The first kappa shape index (κ1) is 27.9. The van der Waals surface area contributed by atoms with Crippen LogP contribution < -0.4 is 5.73 Å². The van der Waals surface area contributed by atoms with Crippen LogP contribution in [-0.2, 0) is 9.59 Å². The number of rotatable bonds is 9. The molecule has 0 radical (unpaired) electrons. The van der Waals surface area contributed by atoms with E-state index in [1.807, 2.05) is 61.2 Å². The maximum absolute atomic E-state index is 14.3. The van der Waals surface area contributed by atoms with E-state index in [0.717, 1.165) is 16.9 Å². The molecule has 2 aromatic carbocycles. The summed E-state index contributed by atoms with van der Waals surface area (Å²) in [5.41, 5.74) is 6.83. The zero-order chi connectivity index (χ0) is 25.9. The minimum Gasteiger partial charge on any atom is -0.370 e. The van der Waals surface area contributed by atoms with Crippen LogP contribution >= 0.6 is 35.0 Å². The number of amides is 2. The van der Waals surface area contributed by atoms with E-state index in [4.69, 9.17) is 28.9 Å². The van der Waals surface area contributed by atoms with E-state index < -0.39 is 11.3 Å². The SMILES string of the molecule is CC(C)SC[C@H](C(C)C)N1C(=O)[C@@](C)(CC(N)=O)C[C@H](c2cccc(Cl)c2)[C@H]1c1ccc(Cl)cc1. The third kappa shape index (κ3) is 6.55. The fraction of sp³-hybridized carbons (Fsp3) is 0.500. The lowest BCUT2D eigenvalue weighted by Gasteiger charge is -2.53. The van der Waals surface area contributed by atoms with Crippen LogP contribution in [0.3, 0.4) is 0 Å². The molecule has 1 saturated heterocycles. The average Bonchev–Trinajstić information content (AvgIpc) is 2.76. The van der Waals surface area contributed by atoms with Gasteiger partial charge in [0.2, 0.25) is 11.8 Å². The number of hydrogen-bond acceptors (Lipinski definition) is 3. The lowest BCUT2D eigenvalue weighted by atomic mass is 9.66. The number of carbonyl (C=O) groups excluding carboxylic acids is 2. The first-order valence-corrected chi connectivity index (χ1v) is 14.0. The van der Waals surface area contributed by atoms with Crippen molar-refractivity contribution in [1.29, 1.82) is 0 Å². The van der Waals surface area contributed by atoms with E-state index in [2.05, 4.69) is 38.7 Å². The smallest absolute Gasteiger partial charge is 0.229 e. The molecule has 0 saturated carbocycles. The van der Waals surface area contributed by atoms with E-state index in [0.29, 0.717) is 21.7 Å². The monoisotopic (exact) mass is 534 g/mol. The van der Waals surface area contributed by atoms with Gasteiger partial charge in [0, 0.05) is 34.2 Å². The number of nitrogens with zero attached hydrogens (tertiary/aromatic N) is 1. The first-order valence-electron chi connectivity index (χ1n) is 12.2. The van der Waals surface area contributed by atoms with Gasteiger partial charge >= 0.3 is 0 Å². The predicted molar refractivity (Wildman–Crippen MR) is 148 cm³/mol. The highest BCUT2D eigenvalue weighted by atomic mass is 35.5. The summed E-state index contributed by atoms with van der Waals surface area (Å²) >= 11 is 14.5. The summed E-state index contributed by atoms with van der Waals surface area (Å²) in [6.07, 6.45) is 0.510. The van der Waals surface area contributed by atoms with Gasteiger partial charge in [-0.15, -0.1) is 0 Å². The van der Waals surface area contributed by atoms with Gasteiger partial charge in [-0.1, -0.05) is 82.1 Å². The summed E-state index contributed by atoms with van der Waals surface area (Å²) in [7, 11) is 0. The van der Waals surface area contributed by atoms with Gasteiger partial charge < -0.3 is 10.6 Å². The molecule has 4 atom stereocenters. The molecule has 0 bridgehead atoms. The minimum atomic E-state index is -0.905. The van der Waals surface area contributed by atoms with Gasteiger partial charge in [-0.3, -0.25) is 9.59 Å². The Hall–Kier alpha value is -1.69. The number of hydrogen-bond donors (Lipinski definition) is 1. The second kappa shape index (κ2) is 11.6. The molecule has 190 valence electrons. The average molecular weight is 536 g/mol. The van der Waals surface area contributed by atoms with Crippen LogP contribution in [0, 0.1) is 11.3 Å². The Morgan fingerprint density at radius 1 is 1.09 bits per heavy atom. The third-order valence-electron chi connectivity index (χ3n) is 6.88. The van der Waals surface area contributed by atoms with Crippen molar-refractivity contribution >= 4 is 46.8 Å². The Bertz CT molecular complexity index is 1040. The third-order valence-corrected chi connectivity index (χ3v) is 8.57. The summed E-state index contributed by atoms with van der Waals surface area (Å²) in [6.45, 7) is 10.5. The molecule has 1 aliphatic rings. The maximum Gasteiger partial charge on any atom is 0.229 e. The van der Waals surface area contributed by atoms with Crippen LogP contribution in [0.5, 0.6) is 0 Å². The molecule has 7 heteroatoms. The van der Waals surface area contributed by atoms with Crippen molar-refractivity contribution in [3.05, 3.63) is 69.7 Å². The van der Waals surface area contributed by atoms with Crippen molar-refractivity contribution in [2.45, 2.75) is 70.7 Å². The van der Waals surface area contributed by atoms with E-state index in [1.165, 1.54) is 0 Å². The Balaban J connectivity index is 2.24. The number of primary amides is 1. The molecular weight excluding hydrogens is 499 g/mol. The van der Waals surface area contributed by atoms with Gasteiger partial charge in [-0.05, 0) is 53.0 Å². The molecule has 3 rings (SSSR count). The van der Waals surface area contributed by atoms with Gasteiger partial charge in [-0.2, -0.15) is 11.8 Å². The topological polar surface area (TPSA) is 63.4 Å². The van der Waals surface area contributed by atoms with Crippen LogP contribution in [0.4, 0.5) is 0 Å². The summed E-state index contributed by atoms with van der Waals surface area (Å²) in [4.78, 5) is 28.5. The number of carbonyl (C=O) groups is 2. The molecule has 1 aliphatic heterocycles. The lowest BCUT2D eigenvalue weighted by Crippen LogP contribution is -2.58. The van der Waals surface area contributed by atoms with Crippen LogP contribution in [0.2, 0.25) is 10.0 Å². The molecule has 2 amide bonds. The van der Waals surface area contributed by atoms with Gasteiger partial charge in [0.25, 0.3) is 0 Å². The fourth-order valence-corrected chi connectivity index (χ4v) is 6.63. The number of halogens is 2. The Morgan fingerprint density at radius 2 is 1.74 bits per heavy atom. The Morgan fingerprint density at radius 3 is 2.29 bits per heavy atom. The maximum atomic E-state index is 14.3. The molecular formula is C28H36Cl2N2O2S. The first-order chi connectivity index (χ1) is 16.4. The van der Waals surface area contributed by atoms with Crippen LogP contribution in [0.15, 0.2) is 48.5 Å². The Kier molecular flexibility index (Phi) is 9.22. The molecule has 4 nitrogen and oxygen atoms in total. The second-order valence-corrected chi connectivity index (χ2v) is 13.0. The molecule has 2 N–H and O–H groups in total. The van der Waals surface area contributed by atoms with Crippen molar-refractivity contribution in [3.8, 4) is 0 Å². The minimum absolute atomic E-state index is 0.00881. The largest absolute Gasteiger partial charge is 0.370 e. The molecule has 2 aromatic rings. The number of piperidine rings is 1. The molecule has 0 aromatic heterocycles. The Labute approximate surface area is 223 Å². The molecule has 1 fully saturated rings. The highest BCUT2D eigenvalue weighted by Crippen LogP contribution is 2.52. The zero-order valence-corrected chi connectivity index (χ0v) is 23.5. The standard InChI is InChI=1S/C28H36Cl2N2O2S/c1-17(2)24(16-35-18(3)4)32-26(19-9-11-21(29)12-10-19)23(20-7-6-8-22(30)13-20)14-28(5,27(32)34)15-25(31)33/h6-13,17-18,23-24,26H,14-16H2,1-5H3,(H2,31,33)/t23-,24-,26-,28-/m1/s1. The lowest BCUT2D eigenvalue weighted by molar-refractivity contribution is -0.157. The normalized spacial score (nSPS) is 23.7. The van der Waals surface area contributed by atoms with Crippen molar-refractivity contribution in [3.63, 3.8) is 0 Å². The number of likely N-dealkylation sites (tertiary alicyclic amines) is 1. The van der Waals surface area contributed by atoms with Crippen molar-refractivity contribution in [1.82, 2.24) is 4.90 Å². The molecule has 0 aliphatic carbocycles. The second-order valence-electron chi connectivity index (χ2n) is 10.5. The summed E-state index contributed by atoms with van der Waals surface area (Å²) in [5.74, 6) is 0.476. The van der Waals surface area contributed by atoms with Crippen molar-refractivity contribution < 1.29 is 9.59 Å². The van der Waals surface area contributed by atoms with Gasteiger partial charge in [0.1, 0.15) is 0 Å². The summed E-state index contributed by atoms with van der Waals surface area (Å²) in [5, 5.41) is 1.73.